The molecule has 0 radical (unpaired) electrons. The molecule has 4 rings (SSSR count). The molecule has 0 aromatic carbocycles. The van der Waals surface area contributed by atoms with E-state index in [1.807, 2.05) is 10.6 Å². The molecule has 0 saturated carbocycles. The summed E-state index contributed by atoms with van der Waals surface area (Å²) in [6, 6.07) is 4.54. The van der Waals surface area contributed by atoms with Crippen molar-refractivity contribution in [3.8, 4) is 11.6 Å². The molecule has 0 spiro atoms. The Balaban J connectivity index is 1.67. The highest BCUT2D eigenvalue weighted by Crippen LogP contribution is 2.29. The summed E-state index contributed by atoms with van der Waals surface area (Å²) in [5.74, 6) is 0.533. The minimum absolute atomic E-state index is 0.176. The summed E-state index contributed by atoms with van der Waals surface area (Å²) in [6.07, 6.45) is 5.50. The van der Waals surface area contributed by atoms with Crippen LogP contribution in [0.1, 0.15) is 34.8 Å². The molecule has 1 fully saturated rings. The maximum Gasteiger partial charge on any atom is 0.261 e. The Bertz CT molecular complexity index is 1100. The lowest BCUT2D eigenvalue weighted by molar-refractivity contribution is 0.0846. The number of pyridine rings is 2. The fraction of sp³-hybridized carbons (Fsp3) is 0.350. The third-order valence-corrected chi connectivity index (χ3v) is 5.01. The molecular weight excluding hydrogens is 376 g/mol. The standard InChI is InChI=1S/C20H22N4O5/c1-27-16-9-17-21-15(12-5-7-29-8-6-12)11-24(17)10-13(16)19(26)22-14-3-4-18(25)23-20(14)28-2/h3-4,9-12H,5-8H2,1-2H3,(H,22,26)(H,23,25). The molecule has 1 saturated heterocycles. The molecule has 1 amide bonds. The van der Waals surface area contributed by atoms with Gasteiger partial charge < -0.3 is 23.9 Å². The Morgan fingerprint density at radius 3 is 2.76 bits per heavy atom. The summed E-state index contributed by atoms with van der Waals surface area (Å²) in [6.45, 7) is 1.47. The molecule has 9 nitrogen and oxygen atoms in total. The van der Waals surface area contributed by atoms with Gasteiger partial charge in [0.1, 0.15) is 17.1 Å². The highest BCUT2D eigenvalue weighted by molar-refractivity contribution is 6.06. The molecule has 0 bridgehead atoms. The van der Waals surface area contributed by atoms with E-state index in [2.05, 4.69) is 10.3 Å². The minimum atomic E-state index is -0.393. The summed E-state index contributed by atoms with van der Waals surface area (Å²) < 4.78 is 17.8. The van der Waals surface area contributed by atoms with Gasteiger partial charge in [-0.1, -0.05) is 0 Å². The van der Waals surface area contributed by atoms with Gasteiger partial charge in [-0.2, -0.15) is 0 Å². The molecule has 152 valence electrons. The van der Waals surface area contributed by atoms with E-state index < -0.39 is 5.91 Å². The number of rotatable bonds is 5. The van der Waals surface area contributed by atoms with Crippen molar-refractivity contribution in [3.63, 3.8) is 0 Å². The van der Waals surface area contributed by atoms with Crippen LogP contribution in [-0.2, 0) is 4.74 Å². The average Bonchev–Trinajstić information content (AvgIpc) is 3.17. The first-order valence-corrected chi connectivity index (χ1v) is 9.32. The molecule has 29 heavy (non-hydrogen) atoms. The van der Waals surface area contributed by atoms with Crippen LogP contribution in [0.25, 0.3) is 5.65 Å². The first-order chi connectivity index (χ1) is 14.1. The number of aromatic amines is 1. The third kappa shape index (κ3) is 3.81. The number of anilines is 1. The van der Waals surface area contributed by atoms with Crippen LogP contribution >= 0.6 is 0 Å². The number of aromatic nitrogens is 3. The fourth-order valence-corrected chi connectivity index (χ4v) is 3.47. The Kier molecular flexibility index (Phi) is 5.22. The topological polar surface area (TPSA) is 107 Å². The number of nitrogens with zero attached hydrogens (tertiary/aromatic N) is 2. The normalized spacial score (nSPS) is 14.7. The van der Waals surface area contributed by atoms with Crippen molar-refractivity contribution in [1.82, 2.24) is 14.4 Å². The number of fused-ring (bicyclic) bond motifs is 1. The van der Waals surface area contributed by atoms with Crippen LogP contribution in [0.5, 0.6) is 11.6 Å². The lowest BCUT2D eigenvalue weighted by Gasteiger charge is -2.19. The van der Waals surface area contributed by atoms with E-state index in [1.54, 1.807) is 12.3 Å². The Morgan fingerprint density at radius 2 is 2.03 bits per heavy atom. The summed E-state index contributed by atoms with van der Waals surface area (Å²) in [7, 11) is 2.92. The predicted octanol–water partition coefficient (Wildman–Crippen LogP) is 2.19. The fourth-order valence-electron chi connectivity index (χ4n) is 3.47. The van der Waals surface area contributed by atoms with E-state index in [1.165, 1.54) is 26.4 Å². The maximum absolute atomic E-state index is 12.9. The first kappa shape index (κ1) is 19.0. The molecule has 4 heterocycles. The molecule has 0 aliphatic carbocycles. The molecule has 0 unspecified atom stereocenters. The summed E-state index contributed by atoms with van der Waals surface area (Å²) in [5.41, 5.74) is 2.06. The molecule has 1 aliphatic rings. The van der Waals surface area contributed by atoms with Crippen molar-refractivity contribution in [2.75, 3.05) is 32.8 Å². The van der Waals surface area contributed by atoms with Gasteiger partial charge in [0.15, 0.2) is 0 Å². The van der Waals surface area contributed by atoms with Crippen LogP contribution in [0.4, 0.5) is 5.69 Å². The molecule has 2 N–H and O–H groups in total. The van der Waals surface area contributed by atoms with Gasteiger partial charge in [0.05, 0.1) is 25.5 Å². The number of methoxy groups -OCH3 is 2. The van der Waals surface area contributed by atoms with Gasteiger partial charge >= 0.3 is 0 Å². The minimum Gasteiger partial charge on any atom is -0.496 e. The van der Waals surface area contributed by atoms with Crippen LogP contribution in [-0.4, -0.2) is 47.7 Å². The predicted molar refractivity (Wildman–Crippen MR) is 106 cm³/mol. The van der Waals surface area contributed by atoms with Crippen molar-refractivity contribution < 1.29 is 19.0 Å². The van der Waals surface area contributed by atoms with Crippen LogP contribution in [0.15, 0.2) is 35.4 Å². The smallest absolute Gasteiger partial charge is 0.261 e. The van der Waals surface area contributed by atoms with Crippen LogP contribution in [0.3, 0.4) is 0 Å². The molecule has 1 aliphatic heterocycles. The van der Waals surface area contributed by atoms with E-state index in [0.717, 1.165) is 31.7 Å². The van der Waals surface area contributed by atoms with Gasteiger partial charge in [-0.25, -0.2) is 4.98 Å². The van der Waals surface area contributed by atoms with Crippen molar-refractivity contribution in [3.05, 3.63) is 52.2 Å². The molecule has 9 heteroatoms. The number of H-pyrrole nitrogens is 1. The van der Waals surface area contributed by atoms with Gasteiger partial charge in [0.25, 0.3) is 11.5 Å². The Hall–Kier alpha value is -3.33. The molecule has 0 atom stereocenters. The van der Waals surface area contributed by atoms with Gasteiger partial charge in [-0.05, 0) is 18.9 Å². The number of nitrogens with one attached hydrogen (secondary N) is 2. The molecular formula is C20H22N4O5. The second-order valence-electron chi connectivity index (χ2n) is 6.80. The number of carbonyl (C=O) groups excluding carboxylic acids is 1. The highest BCUT2D eigenvalue weighted by Gasteiger charge is 2.21. The van der Waals surface area contributed by atoms with Gasteiger partial charge in [-0.3, -0.25) is 14.6 Å². The quantitative estimate of drug-likeness (QED) is 0.682. The Labute approximate surface area is 166 Å². The third-order valence-electron chi connectivity index (χ3n) is 5.01. The first-order valence-electron chi connectivity index (χ1n) is 9.32. The largest absolute Gasteiger partial charge is 0.496 e. The van der Waals surface area contributed by atoms with Crippen LogP contribution < -0.4 is 20.3 Å². The SMILES string of the molecule is COc1cc2nc(C3CCOCC3)cn2cc1C(=O)Nc1ccc(=O)[nH]c1OC. The summed E-state index contributed by atoms with van der Waals surface area (Å²) in [5, 5.41) is 2.75. The van der Waals surface area contributed by atoms with E-state index in [-0.39, 0.29) is 11.4 Å². The van der Waals surface area contributed by atoms with E-state index in [9.17, 15) is 9.59 Å². The van der Waals surface area contributed by atoms with Crippen molar-refractivity contribution >= 4 is 17.2 Å². The lowest BCUT2D eigenvalue weighted by atomic mass is 9.97. The van der Waals surface area contributed by atoms with Crippen molar-refractivity contribution in [1.29, 1.82) is 0 Å². The van der Waals surface area contributed by atoms with E-state index in [0.29, 0.717) is 28.6 Å². The van der Waals surface area contributed by atoms with Crippen molar-refractivity contribution in [2.45, 2.75) is 18.8 Å². The summed E-state index contributed by atoms with van der Waals surface area (Å²) in [4.78, 5) is 31.6. The Morgan fingerprint density at radius 1 is 1.24 bits per heavy atom. The van der Waals surface area contributed by atoms with Gasteiger partial charge in [0.2, 0.25) is 5.88 Å². The molecule has 3 aromatic heterocycles. The second-order valence-corrected chi connectivity index (χ2v) is 6.80. The van der Waals surface area contributed by atoms with Crippen molar-refractivity contribution in [2.24, 2.45) is 0 Å². The zero-order valence-electron chi connectivity index (χ0n) is 16.2. The summed E-state index contributed by atoms with van der Waals surface area (Å²) >= 11 is 0. The second kappa shape index (κ2) is 7.96. The highest BCUT2D eigenvalue weighted by atomic mass is 16.5. The average molecular weight is 398 g/mol. The van der Waals surface area contributed by atoms with Gasteiger partial charge in [0, 0.05) is 43.7 Å². The number of carbonyl (C=O) groups is 1. The monoisotopic (exact) mass is 398 g/mol. The van der Waals surface area contributed by atoms with Crippen LogP contribution in [0, 0.1) is 0 Å². The van der Waals surface area contributed by atoms with E-state index in [4.69, 9.17) is 19.2 Å². The van der Waals surface area contributed by atoms with Crippen LogP contribution in [0.2, 0.25) is 0 Å². The van der Waals surface area contributed by atoms with Gasteiger partial charge in [-0.15, -0.1) is 0 Å². The number of amides is 1. The van der Waals surface area contributed by atoms with E-state index >= 15 is 0 Å². The lowest BCUT2D eigenvalue weighted by Crippen LogP contribution is -2.16. The zero-order chi connectivity index (χ0) is 20.4. The number of imidazole rings is 1. The number of hydrogen-bond acceptors (Lipinski definition) is 6. The zero-order valence-corrected chi connectivity index (χ0v) is 16.2. The number of hydrogen-bond donors (Lipinski definition) is 2. The maximum atomic E-state index is 12.9. The number of ether oxygens (including phenoxy) is 3. The molecule has 3 aromatic rings.